The van der Waals surface area contributed by atoms with Crippen molar-refractivity contribution < 1.29 is 19.1 Å². The van der Waals surface area contributed by atoms with Crippen molar-refractivity contribution in [2.24, 2.45) is 22.7 Å². The molecular weight excluding hydrogens is 388 g/mol. The van der Waals surface area contributed by atoms with Crippen LogP contribution in [0.3, 0.4) is 0 Å². The minimum absolute atomic E-state index is 0.0766. The number of rotatable bonds is 16. The SMILES string of the molecule is CC(CCOC(=O)CCCCCCCC(=O)OCCC(C)CC(C)(C)C)CC(C)(C)C. The van der Waals surface area contributed by atoms with Crippen LogP contribution in [0.15, 0.2) is 0 Å². The second-order valence-corrected chi connectivity index (χ2v) is 12.0. The number of carbonyl (C=O) groups excluding carboxylic acids is 2. The van der Waals surface area contributed by atoms with Gasteiger partial charge in [-0.15, -0.1) is 0 Å². The molecule has 4 nitrogen and oxygen atoms in total. The molecule has 2 atom stereocenters. The van der Waals surface area contributed by atoms with Crippen molar-refractivity contribution in [1.82, 2.24) is 0 Å². The molecule has 0 radical (unpaired) electrons. The Kier molecular flexibility index (Phi) is 15.2. The summed E-state index contributed by atoms with van der Waals surface area (Å²) in [6, 6.07) is 0. The average molecular weight is 441 g/mol. The lowest BCUT2D eigenvalue weighted by Gasteiger charge is -2.23. The van der Waals surface area contributed by atoms with Gasteiger partial charge in [-0.05, 0) is 61.2 Å². The van der Waals surface area contributed by atoms with Gasteiger partial charge in [-0.2, -0.15) is 0 Å². The van der Waals surface area contributed by atoms with Gasteiger partial charge in [-0.25, -0.2) is 0 Å². The third kappa shape index (κ3) is 21.9. The highest BCUT2D eigenvalue weighted by atomic mass is 16.5. The number of hydrogen-bond acceptors (Lipinski definition) is 4. The van der Waals surface area contributed by atoms with Crippen LogP contribution < -0.4 is 0 Å². The van der Waals surface area contributed by atoms with Gasteiger partial charge >= 0.3 is 11.9 Å². The van der Waals surface area contributed by atoms with Crippen LogP contribution in [0.25, 0.3) is 0 Å². The molecular formula is C27H52O4. The van der Waals surface area contributed by atoms with Crippen LogP contribution in [0.4, 0.5) is 0 Å². The summed E-state index contributed by atoms with van der Waals surface area (Å²) >= 11 is 0. The van der Waals surface area contributed by atoms with Crippen molar-refractivity contribution in [1.29, 1.82) is 0 Å². The third-order valence-electron chi connectivity index (χ3n) is 5.43. The molecule has 0 saturated heterocycles. The van der Waals surface area contributed by atoms with Gasteiger partial charge in [0.15, 0.2) is 0 Å². The first-order chi connectivity index (χ1) is 14.3. The van der Waals surface area contributed by atoms with Crippen LogP contribution in [0.2, 0.25) is 0 Å². The van der Waals surface area contributed by atoms with Gasteiger partial charge < -0.3 is 9.47 Å². The molecule has 0 aromatic heterocycles. The van der Waals surface area contributed by atoms with E-state index in [1.807, 2.05) is 0 Å². The van der Waals surface area contributed by atoms with Crippen LogP contribution in [0.1, 0.15) is 126 Å². The summed E-state index contributed by atoms with van der Waals surface area (Å²) in [4.78, 5) is 23.7. The van der Waals surface area contributed by atoms with Gasteiger partial charge in [-0.3, -0.25) is 9.59 Å². The molecule has 0 heterocycles. The van der Waals surface area contributed by atoms with Crippen LogP contribution >= 0.6 is 0 Å². The van der Waals surface area contributed by atoms with E-state index in [0.29, 0.717) is 48.7 Å². The number of carbonyl (C=O) groups is 2. The van der Waals surface area contributed by atoms with Crippen LogP contribution in [-0.2, 0) is 19.1 Å². The van der Waals surface area contributed by atoms with E-state index in [9.17, 15) is 9.59 Å². The largest absolute Gasteiger partial charge is 0.466 e. The molecule has 0 aromatic carbocycles. The van der Waals surface area contributed by atoms with E-state index in [1.165, 1.54) is 0 Å². The molecule has 0 spiro atoms. The zero-order chi connectivity index (χ0) is 23.9. The van der Waals surface area contributed by atoms with Crippen molar-refractivity contribution in [3.05, 3.63) is 0 Å². The summed E-state index contributed by atoms with van der Waals surface area (Å²) in [7, 11) is 0. The summed E-state index contributed by atoms with van der Waals surface area (Å²) < 4.78 is 10.7. The lowest BCUT2D eigenvalue weighted by Crippen LogP contribution is -2.14. The van der Waals surface area contributed by atoms with E-state index in [2.05, 4.69) is 55.4 Å². The maximum Gasteiger partial charge on any atom is 0.305 e. The summed E-state index contributed by atoms with van der Waals surface area (Å²) in [6.45, 7) is 19.0. The van der Waals surface area contributed by atoms with E-state index in [0.717, 1.165) is 57.8 Å². The molecule has 2 unspecified atom stereocenters. The van der Waals surface area contributed by atoms with E-state index >= 15 is 0 Å². The Morgan fingerprint density at radius 2 is 0.935 bits per heavy atom. The molecule has 0 aromatic rings. The standard InChI is InChI=1S/C27H52O4/c1-22(20-26(3,4)5)16-18-30-24(28)14-12-10-9-11-13-15-25(29)31-19-17-23(2)21-27(6,7)8/h22-23H,9-21H2,1-8H3. The first-order valence-electron chi connectivity index (χ1n) is 12.6. The number of esters is 2. The van der Waals surface area contributed by atoms with Crippen molar-refractivity contribution >= 4 is 11.9 Å². The summed E-state index contributed by atoms with van der Waals surface area (Å²) in [5.41, 5.74) is 0.648. The highest BCUT2D eigenvalue weighted by Crippen LogP contribution is 2.26. The maximum atomic E-state index is 11.8. The van der Waals surface area contributed by atoms with Crippen molar-refractivity contribution in [2.45, 2.75) is 126 Å². The van der Waals surface area contributed by atoms with Gasteiger partial charge in [-0.1, -0.05) is 74.7 Å². The third-order valence-corrected chi connectivity index (χ3v) is 5.43. The Bertz CT molecular complexity index is 440. The molecule has 0 rings (SSSR count). The fourth-order valence-corrected chi connectivity index (χ4v) is 4.26. The fourth-order valence-electron chi connectivity index (χ4n) is 4.26. The van der Waals surface area contributed by atoms with Crippen LogP contribution in [-0.4, -0.2) is 25.2 Å². The quantitative estimate of drug-likeness (QED) is 0.182. The van der Waals surface area contributed by atoms with Crippen molar-refractivity contribution in [3.8, 4) is 0 Å². The normalized spacial score (nSPS) is 14.2. The van der Waals surface area contributed by atoms with E-state index in [1.54, 1.807) is 0 Å². The van der Waals surface area contributed by atoms with Gasteiger partial charge in [0.05, 0.1) is 13.2 Å². The molecule has 0 bridgehead atoms. The highest BCUT2D eigenvalue weighted by Gasteiger charge is 2.16. The van der Waals surface area contributed by atoms with Gasteiger partial charge in [0, 0.05) is 12.8 Å². The molecule has 184 valence electrons. The summed E-state index contributed by atoms with van der Waals surface area (Å²) in [5.74, 6) is 0.997. The second-order valence-electron chi connectivity index (χ2n) is 12.0. The summed E-state index contributed by atoms with van der Waals surface area (Å²) in [5, 5.41) is 0. The van der Waals surface area contributed by atoms with Gasteiger partial charge in [0.25, 0.3) is 0 Å². The Balaban J connectivity index is 3.56. The van der Waals surface area contributed by atoms with E-state index in [4.69, 9.17) is 9.47 Å². The molecule has 0 aliphatic carbocycles. The number of ether oxygens (including phenoxy) is 2. The monoisotopic (exact) mass is 440 g/mol. The average Bonchev–Trinajstić information content (AvgIpc) is 2.57. The Morgan fingerprint density at radius 3 is 1.26 bits per heavy atom. The van der Waals surface area contributed by atoms with Crippen LogP contribution in [0, 0.1) is 22.7 Å². The first kappa shape index (κ1) is 29.9. The minimum Gasteiger partial charge on any atom is -0.466 e. The lowest BCUT2D eigenvalue weighted by atomic mass is 9.84. The zero-order valence-electron chi connectivity index (χ0n) is 22.0. The Labute approximate surface area is 193 Å². The lowest BCUT2D eigenvalue weighted by molar-refractivity contribution is -0.145. The van der Waals surface area contributed by atoms with Crippen molar-refractivity contribution in [3.63, 3.8) is 0 Å². The molecule has 0 aliphatic rings. The Morgan fingerprint density at radius 1 is 0.613 bits per heavy atom. The molecule has 4 heteroatoms. The molecule has 31 heavy (non-hydrogen) atoms. The zero-order valence-corrected chi connectivity index (χ0v) is 22.0. The fraction of sp³-hybridized carbons (Fsp3) is 0.926. The predicted molar refractivity (Wildman–Crippen MR) is 130 cm³/mol. The Hall–Kier alpha value is -1.06. The predicted octanol–water partition coefficient (Wildman–Crippen LogP) is 7.73. The molecule has 0 fully saturated rings. The number of unbranched alkanes of at least 4 members (excludes halogenated alkanes) is 4. The van der Waals surface area contributed by atoms with E-state index < -0.39 is 0 Å². The highest BCUT2D eigenvalue weighted by molar-refractivity contribution is 5.69. The molecule has 0 N–H and O–H groups in total. The topological polar surface area (TPSA) is 52.6 Å². The number of hydrogen-bond donors (Lipinski definition) is 0. The van der Waals surface area contributed by atoms with Gasteiger partial charge in [0.2, 0.25) is 0 Å². The minimum atomic E-state index is -0.0766. The summed E-state index contributed by atoms with van der Waals surface area (Å²) in [6.07, 6.45) is 9.98. The first-order valence-corrected chi connectivity index (χ1v) is 12.6. The molecule has 0 amide bonds. The maximum absolute atomic E-state index is 11.8. The smallest absolute Gasteiger partial charge is 0.305 e. The van der Waals surface area contributed by atoms with Crippen LogP contribution in [0.5, 0.6) is 0 Å². The van der Waals surface area contributed by atoms with Crippen molar-refractivity contribution in [2.75, 3.05) is 13.2 Å². The van der Waals surface area contributed by atoms with Gasteiger partial charge in [0.1, 0.15) is 0 Å². The molecule has 0 saturated carbocycles. The second kappa shape index (κ2) is 15.7. The molecule has 0 aliphatic heterocycles. The van der Waals surface area contributed by atoms with E-state index in [-0.39, 0.29) is 11.9 Å².